The molecule has 15 heavy (non-hydrogen) atoms. The fourth-order valence-corrected chi connectivity index (χ4v) is 1.97. The first-order chi connectivity index (χ1) is 7.31. The Morgan fingerprint density at radius 3 is 2.73 bits per heavy atom. The summed E-state index contributed by atoms with van der Waals surface area (Å²) in [5.74, 6) is 0.953. The van der Waals surface area contributed by atoms with Gasteiger partial charge in [0.2, 0.25) is 0 Å². The zero-order valence-corrected chi connectivity index (χ0v) is 10.2. The van der Waals surface area contributed by atoms with Crippen LogP contribution in [0.4, 0.5) is 0 Å². The van der Waals surface area contributed by atoms with Gasteiger partial charge in [-0.3, -0.25) is 0 Å². The van der Waals surface area contributed by atoms with Crippen LogP contribution in [0.1, 0.15) is 19.8 Å². The summed E-state index contributed by atoms with van der Waals surface area (Å²) in [5.41, 5.74) is 5.67. The predicted octanol–water partition coefficient (Wildman–Crippen LogP) is 2.91. The molecule has 0 aliphatic heterocycles. The summed E-state index contributed by atoms with van der Waals surface area (Å²) in [6.07, 6.45) is 4.31. The molecule has 0 amide bonds. The van der Waals surface area contributed by atoms with Crippen LogP contribution in [-0.2, 0) is 0 Å². The summed E-state index contributed by atoms with van der Waals surface area (Å²) in [6, 6.07) is 8.09. The quantitative estimate of drug-likeness (QED) is 0.756. The first-order valence-electron chi connectivity index (χ1n) is 5.31. The standard InChI is InChI=1S/C12H19NOS/c1-3-6-10(9-13)14-11-7-4-5-8-12(11)15-2/h4-5,7-8,10H,3,6,9,13H2,1-2H3. The molecule has 1 unspecified atom stereocenters. The molecule has 0 bridgehead atoms. The molecule has 2 nitrogen and oxygen atoms in total. The van der Waals surface area contributed by atoms with Crippen LogP contribution in [0.15, 0.2) is 29.2 Å². The summed E-state index contributed by atoms with van der Waals surface area (Å²) in [7, 11) is 0. The van der Waals surface area contributed by atoms with Crippen molar-refractivity contribution in [2.75, 3.05) is 12.8 Å². The SMILES string of the molecule is CCCC(CN)Oc1ccccc1SC. The smallest absolute Gasteiger partial charge is 0.133 e. The molecule has 0 heterocycles. The van der Waals surface area contributed by atoms with Gasteiger partial charge in [-0.05, 0) is 24.8 Å². The van der Waals surface area contributed by atoms with Crippen molar-refractivity contribution >= 4 is 11.8 Å². The third-order valence-corrected chi connectivity index (χ3v) is 3.01. The van der Waals surface area contributed by atoms with E-state index in [1.165, 1.54) is 4.90 Å². The van der Waals surface area contributed by atoms with E-state index in [-0.39, 0.29) is 6.10 Å². The molecule has 0 radical (unpaired) electrons. The van der Waals surface area contributed by atoms with E-state index in [0.29, 0.717) is 6.54 Å². The lowest BCUT2D eigenvalue weighted by Crippen LogP contribution is -2.26. The Bertz CT molecular complexity index is 291. The first kappa shape index (κ1) is 12.4. The minimum atomic E-state index is 0.142. The fourth-order valence-electron chi connectivity index (χ4n) is 1.44. The summed E-state index contributed by atoms with van der Waals surface area (Å²) in [6.45, 7) is 2.73. The van der Waals surface area contributed by atoms with Crippen molar-refractivity contribution < 1.29 is 4.74 Å². The summed E-state index contributed by atoms with van der Waals surface area (Å²) in [4.78, 5) is 1.17. The molecule has 1 aromatic carbocycles. The number of benzene rings is 1. The van der Waals surface area contributed by atoms with E-state index in [0.717, 1.165) is 18.6 Å². The van der Waals surface area contributed by atoms with E-state index < -0.39 is 0 Å². The number of hydrogen-bond donors (Lipinski definition) is 1. The normalized spacial score (nSPS) is 12.5. The maximum absolute atomic E-state index is 5.88. The Balaban J connectivity index is 2.69. The molecule has 0 saturated carbocycles. The number of rotatable bonds is 6. The molecule has 0 aromatic heterocycles. The molecular weight excluding hydrogens is 206 g/mol. The molecule has 0 aliphatic rings. The van der Waals surface area contributed by atoms with Gasteiger partial charge in [0, 0.05) is 11.4 Å². The molecule has 1 rings (SSSR count). The van der Waals surface area contributed by atoms with Gasteiger partial charge in [-0.1, -0.05) is 25.5 Å². The fraction of sp³-hybridized carbons (Fsp3) is 0.500. The zero-order valence-electron chi connectivity index (χ0n) is 9.40. The maximum atomic E-state index is 5.88. The van der Waals surface area contributed by atoms with E-state index in [1.54, 1.807) is 11.8 Å². The van der Waals surface area contributed by atoms with Crippen molar-refractivity contribution in [2.45, 2.75) is 30.8 Å². The van der Waals surface area contributed by atoms with Gasteiger partial charge in [-0.15, -0.1) is 11.8 Å². The minimum Gasteiger partial charge on any atom is -0.488 e. The Kier molecular flexibility index (Phi) is 5.58. The monoisotopic (exact) mass is 225 g/mol. The highest BCUT2D eigenvalue weighted by atomic mass is 32.2. The lowest BCUT2D eigenvalue weighted by molar-refractivity contribution is 0.193. The van der Waals surface area contributed by atoms with E-state index in [9.17, 15) is 0 Å². The van der Waals surface area contributed by atoms with Crippen molar-refractivity contribution in [1.29, 1.82) is 0 Å². The highest BCUT2D eigenvalue weighted by molar-refractivity contribution is 7.98. The number of hydrogen-bond acceptors (Lipinski definition) is 3. The average Bonchev–Trinajstić information content (AvgIpc) is 2.29. The molecule has 0 saturated heterocycles. The minimum absolute atomic E-state index is 0.142. The van der Waals surface area contributed by atoms with Crippen molar-refractivity contribution in [2.24, 2.45) is 5.73 Å². The first-order valence-corrected chi connectivity index (χ1v) is 6.54. The lowest BCUT2D eigenvalue weighted by Gasteiger charge is -2.18. The highest BCUT2D eigenvalue weighted by Crippen LogP contribution is 2.28. The van der Waals surface area contributed by atoms with E-state index >= 15 is 0 Å². The van der Waals surface area contributed by atoms with Gasteiger partial charge in [0.15, 0.2) is 0 Å². The zero-order chi connectivity index (χ0) is 11.1. The van der Waals surface area contributed by atoms with E-state index in [2.05, 4.69) is 19.2 Å². The second-order valence-corrected chi connectivity index (χ2v) is 4.26. The van der Waals surface area contributed by atoms with Gasteiger partial charge in [-0.2, -0.15) is 0 Å². The van der Waals surface area contributed by atoms with Gasteiger partial charge in [0.05, 0.1) is 0 Å². The van der Waals surface area contributed by atoms with E-state index in [4.69, 9.17) is 10.5 Å². The molecule has 84 valence electrons. The number of para-hydroxylation sites is 1. The molecule has 0 spiro atoms. The predicted molar refractivity (Wildman–Crippen MR) is 66.6 cm³/mol. The summed E-state index contributed by atoms with van der Waals surface area (Å²) < 4.78 is 5.88. The van der Waals surface area contributed by atoms with Gasteiger partial charge < -0.3 is 10.5 Å². The highest BCUT2D eigenvalue weighted by Gasteiger charge is 2.09. The van der Waals surface area contributed by atoms with Crippen molar-refractivity contribution in [1.82, 2.24) is 0 Å². The van der Waals surface area contributed by atoms with Gasteiger partial charge in [-0.25, -0.2) is 0 Å². The van der Waals surface area contributed by atoms with Crippen LogP contribution in [0, 0.1) is 0 Å². The third-order valence-electron chi connectivity index (χ3n) is 2.24. The van der Waals surface area contributed by atoms with Crippen LogP contribution in [-0.4, -0.2) is 18.9 Å². The summed E-state index contributed by atoms with van der Waals surface area (Å²) in [5, 5.41) is 0. The van der Waals surface area contributed by atoms with Crippen LogP contribution >= 0.6 is 11.8 Å². The molecule has 0 fully saturated rings. The largest absolute Gasteiger partial charge is 0.488 e. The molecule has 0 aliphatic carbocycles. The molecule has 3 heteroatoms. The number of nitrogens with two attached hydrogens (primary N) is 1. The average molecular weight is 225 g/mol. The Morgan fingerprint density at radius 2 is 2.13 bits per heavy atom. The Morgan fingerprint density at radius 1 is 1.40 bits per heavy atom. The van der Waals surface area contributed by atoms with Crippen LogP contribution < -0.4 is 10.5 Å². The van der Waals surface area contributed by atoms with Crippen LogP contribution in [0.5, 0.6) is 5.75 Å². The van der Waals surface area contributed by atoms with Gasteiger partial charge in [0.25, 0.3) is 0 Å². The van der Waals surface area contributed by atoms with Crippen LogP contribution in [0.2, 0.25) is 0 Å². The second-order valence-electron chi connectivity index (χ2n) is 3.42. The molecule has 1 atom stereocenters. The van der Waals surface area contributed by atoms with Gasteiger partial charge >= 0.3 is 0 Å². The van der Waals surface area contributed by atoms with Gasteiger partial charge in [0.1, 0.15) is 11.9 Å². The second kappa shape index (κ2) is 6.75. The molecule has 1 aromatic rings. The van der Waals surface area contributed by atoms with Crippen LogP contribution in [0.3, 0.4) is 0 Å². The molecular formula is C12H19NOS. The Hall–Kier alpha value is -0.670. The van der Waals surface area contributed by atoms with Crippen molar-refractivity contribution in [3.8, 4) is 5.75 Å². The van der Waals surface area contributed by atoms with Crippen molar-refractivity contribution in [3.63, 3.8) is 0 Å². The summed E-state index contributed by atoms with van der Waals surface area (Å²) >= 11 is 1.70. The number of ether oxygens (including phenoxy) is 1. The number of thioether (sulfide) groups is 1. The van der Waals surface area contributed by atoms with E-state index in [1.807, 2.05) is 18.2 Å². The van der Waals surface area contributed by atoms with Crippen molar-refractivity contribution in [3.05, 3.63) is 24.3 Å². The molecule has 2 N–H and O–H groups in total. The Labute approximate surface area is 96.2 Å². The lowest BCUT2D eigenvalue weighted by atomic mass is 10.2. The third kappa shape index (κ3) is 3.76. The topological polar surface area (TPSA) is 35.2 Å². The van der Waals surface area contributed by atoms with Crippen LogP contribution in [0.25, 0.3) is 0 Å². The maximum Gasteiger partial charge on any atom is 0.133 e.